The maximum Gasteiger partial charge on any atom is 0.408 e. The maximum absolute atomic E-state index is 12.7. The van der Waals surface area contributed by atoms with Crippen LogP contribution in [0.5, 0.6) is 5.88 Å². The van der Waals surface area contributed by atoms with Crippen LogP contribution in [0.25, 0.3) is 0 Å². The van der Waals surface area contributed by atoms with Gasteiger partial charge >= 0.3 is 12.1 Å². The third-order valence-electron chi connectivity index (χ3n) is 3.90. The number of hydrogen-bond acceptors (Lipinski definition) is 6. The van der Waals surface area contributed by atoms with Crippen LogP contribution in [0.15, 0.2) is 18.3 Å². The molecule has 2 rings (SSSR count). The summed E-state index contributed by atoms with van der Waals surface area (Å²) in [6, 6.07) is 3.14. The fraction of sp³-hybridized carbons (Fsp3) is 0.529. The summed E-state index contributed by atoms with van der Waals surface area (Å²) < 4.78 is 10.2. The van der Waals surface area contributed by atoms with Gasteiger partial charge in [-0.1, -0.05) is 0 Å². The van der Waals surface area contributed by atoms with E-state index in [2.05, 4.69) is 10.3 Å². The summed E-state index contributed by atoms with van der Waals surface area (Å²) in [7, 11) is 1.40. The van der Waals surface area contributed by atoms with Gasteiger partial charge in [0.15, 0.2) is 5.54 Å². The van der Waals surface area contributed by atoms with Crippen LogP contribution in [-0.4, -0.2) is 64.3 Å². The second-order valence-corrected chi connectivity index (χ2v) is 7.05. The molecule has 1 saturated heterocycles. The minimum atomic E-state index is -1.60. The number of carbonyl (C=O) groups is 3. The van der Waals surface area contributed by atoms with Crippen LogP contribution in [-0.2, 0) is 9.53 Å². The number of ether oxygens (including phenoxy) is 2. The van der Waals surface area contributed by atoms with Crippen LogP contribution in [0.1, 0.15) is 37.6 Å². The molecule has 2 amide bonds. The number of carboxylic acids is 1. The molecule has 1 unspecified atom stereocenters. The van der Waals surface area contributed by atoms with E-state index in [0.29, 0.717) is 0 Å². The second-order valence-electron chi connectivity index (χ2n) is 7.05. The van der Waals surface area contributed by atoms with Gasteiger partial charge in [0.05, 0.1) is 13.7 Å². The first kappa shape index (κ1) is 19.5. The molecule has 1 aromatic rings. The number of likely N-dealkylation sites (tertiary alicyclic amines) is 1. The van der Waals surface area contributed by atoms with E-state index in [1.165, 1.54) is 18.2 Å². The summed E-state index contributed by atoms with van der Waals surface area (Å²) in [6.45, 7) is 5.02. The number of aliphatic carboxylic acids is 1. The van der Waals surface area contributed by atoms with Crippen LogP contribution in [0.4, 0.5) is 4.79 Å². The lowest BCUT2D eigenvalue weighted by molar-refractivity contribution is -0.144. The Hall–Kier alpha value is -2.84. The van der Waals surface area contributed by atoms with Crippen LogP contribution >= 0.6 is 0 Å². The molecule has 2 heterocycles. The van der Waals surface area contributed by atoms with Crippen molar-refractivity contribution in [1.29, 1.82) is 0 Å². The Kier molecular flexibility index (Phi) is 5.38. The molecule has 0 spiro atoms. The molecule has 26 heavy (non-hydrogen) atoms. The summed E-state index contributed by atoms with van der Waals surface area (Å²) >= 11 is 0. The van der Waals surface area contributed by atoms with Crippen LogP contribution < -0.4 is 10.1 Å². The van der Waals surface area contributed by atoms with E-state index in [0.717, 1.165) is 0 Å². The summed E-state index contributed by atoms with van der Waals surface area (Å²) in [5.41, 5.74) is -2.14. The molecular formula is C17H23N3O6. The van der Waals surface area contributed by atoms with E-state index in [1.807, 2.05) is 0 Å². The number of pyridine rings is 1. The number of methoxy groups -OCH3 is 1. The van der Waals surface area contributed by atoms with Gasteiger partial charge < -0.3 is 24.8 Å². The first-order valence-corrected chi connectivity index (χ1v) is 8.11. The summed E-state index contributed by atoms with van der Waals surface area (Å²) in [5.74, 6) is -1.48. The monoisotopic (exact) mass is 365 g/mol. The highest BCUT2D eigenvalue weighted by atomic mass is 16.6. The molecule has 9 nitrogen and oxygen atoms in total. The number of aromatic nitrogens is 1. The molecule has 0 bridgehead atoms. The quantitative estimate of drug-likeness (QED) is 0.825. The zero-order valence-electron chi connectivity index (χ0n) is 15.2. The van der Waals surface area contributed by atoms with E-state index >= 15 is 0 Å². The number of nitrogens with one attached hydrogen (secondary N) is 1. The SMILES string of the molecule is COc1ncccc1C(=O)N1CCC(NC(=O)OC(C)(C)C)(C(=O)O)C1. The van der Waals surface area contributed by atoms with Crippen molar-refractivity contribution in [3.05, 3.63) is 23.9 Å². The lowest BCUT2D eigenvalue weighted by Crippen LogP contribution is -2.57. The number of amides is 2. The van der Waals surface area contributed by atoms with Crippen molar-refractivity contribution in [3.63, 3.8) is 0 Å². The van der Waals surface area contributed by atoms with Crippen LogP contribution in [0.2, 0.25) is 0 Å². The maximum atomic E-state index is 12.7. The largest absolute Gasteiger partial charge is 0.480 e. The summed E-state index contributed by atoms with van der Waals surface area (Å²) in [5, 5.41) is 12.0. The standard InChI is InChI=1S/C17H23N3O6/c1-16(2,3)26-15(24)19-17(14(22)23)7-9-20(10-17)13(21)11-6-5-8-18-12(11)25-4/h5-6,8H,7,9-10H2,1-4H3,(H,19,24)(H,22,23). The number of alkyl carbamates (subject to hydrolysis) is 1. The van der Waals surface area contributed by atoms with Gasteiger partial charge in [0.25, 0.3) is 5.91 Å². The van der Waals surface area contributed by atoms with Gasteiger partial charge in [-0.3, -0.25) is 4.79 Å². The van der Waals surface area contributed by atoms with Gasteiger partial charge in [-0.05, 0) is 32.9 Å². The lowest BCUT2D eigenvalue weighted by Gasteiger charge is -2.28. The number of nitrogens with zero attached hydrogens (tertiary/aromatic N) is 2. The summed E-state index contributed by atoms with van der Waals surface area (Å²) in [4.78, 5) is 41.9. The molecule has 1 atom stereocenters. The Morgan fingerprint density at radius 1 is 1.35 bits per heavy atom. The Bertz CT molecular complexity index is 715. The molecular weight excluding hydrogens is 342 g/mol. The van der Waals surface area contributed by atoms with Crippen molar-refractivity contribution < 1.29 is 29.0 Å². The molecule has 1 aromatic heterocycles. The highest BCUT2D eigenvalue weighted by Crippen LogP contribution is 2.26. The zero-order chi connectivity index (χ0) is 19.5. The zero-order valence-corrected chi connectivity index (χ0v) is 15.2. The number of carbonyl (C=O) groups excluding carboxylic acids is 2. The number of rotatable bonds is 4. The lowest BCUT2D eigenvalue weighted by atomic mass is 9.99. The Labute approximate surface area is 151 Å². The smallest absolute Gasteiger partial charge is 0.408 e. The summed E-state index contributed by atoms with van der Waals surface area (Å²) in [6.07, 6.45) is 0.717. The number of hydrogen-bond donors (Lipinski definition) is 2. The van der Waals surface area contributed by atoms with Crippen molar-refractivity contribution in [2.45, 2.75) is 38.3 Å². The van der Waals surface area contributed by atoms with Gasteiger partial charge in [-0.25, -0.2) is 14.6 Å². The van der Waals surface area contributed by atoms with Crippen molar-refractivity contribution in [2.75, 3.05) is 20.2 Å². The minimum absolute atomic E-state index is 0.0654. The predicted molar refractivity (Wildman–Crippen MR) is 91.0 cm³/mol. The Balaban J connectivity index is 2.17. The van der Waals surface area contributed by atoms with Gasteiger partial charge in [-0.15, -0.1) is 0 Å². The van der Waals surface area contributed by atoms with E-state index in [1.54, 1.807) is 32.9 Å². The molecule has 0 saturated carbocycles. The van der Waals surface area contributed by atoms with Gasteiger partial charge in [-0.2, -0.15) is 0 Å². The molecule has 1 aliphatic heterocycles. The molecule has 1 fully saturated rings. The highest BCUT2D eigenvalue weighted by molar-refractivity contribution is 5.97. The number of carboxylic acid groups (broad SMARTS) is 1. The third-order valence-corrected chi connectivity index (χ3v) is 3.90. The van der Waals surface area contributed by atoms with Crippen molar-refractivity contribution in [1.82, 2.24) is 15.2 Å². The molecule has 2 N–H and O–H groups in total. The average molecular weight is 365 g/mol. The van der Waals surface area contributed by atoms with Gasteiger partial charge in [0.2, 0.25) is 5.88 Å². The van der Waals surface area contributed by atoms with Crippen LogP contribution in [0, 0.1) is 0 Å². The highest BCUT2D eigenvalue weighted by Gasteiger charge is 2.48. The molecule has 0 aliphatic carbocycles. The Morgan fingerprint density at radius 2 is 2.04 bits per heavy atom. The van der Waals surface area contributed by atoms with Crippen molar-refractivity contribution >= 4 is 18.0 Å². The molecule has 1 aliphatic rings. The fourth-order valence-corrected chi connectivity index (χ4v) is 2.70. The van der Waals surface area contributed by atoms with E-state index in [-0.39, 0.29) is 31.0 Å². The molecule has 142 valence electrons. The Morgan fingerprint density at radius 3 is 2.62 bits per heavy atom. The van der Waals surface area contributed by atoms with Gasteiger partial charge in [0.1, 0.15) is 11.2 Å². The van der Waals surface area contributed by atoms with E-state index < -0.39 is 29.1 Å². The second kappa shape index (κ2) is 7.19. The van der Waals surface area contributed by atoms with Gasteiger partial charge in [0, 0.05) is 19.2 Å². The fourth-order valence-electron chi connectivity index (χ4n) is 2.70. The topological polar surface area (TPSA) is 118 Å². The van der Waals surface area contributed by atoms with E-state index in [9.17, 15) is 19.5 Å². The molecule has 0 aromatic carbocycles. The minimum Gasteiger partial charge on any atom is -0.480 e. The molecule has 9 heteroatoms. The predicted octanol–water partition coefficient (Wildman–Crippen LogP) is 1.28. The first-order valence-electron chi connectivity index (χ1n) is 8.11. The third kappa shape index (κ3) is 4.22. The van der Waals surface area contributed by atoms with E-state index in [4.69, 9.17) is 9.47 Å². The normalized spacial score (nSPS) is 19.8. The van der Waals surface area contributed by atoms with Crippen LogP contribution in [0.3, 0.4) is 0 Å². The van der Waals surface area contributed by atoms with Crippen molar-refractivity contribution in [3.8, 4) is 5.88 Å². The van der Waals surface area contributed by atoms with Crippen molar-refractivity contribution in [2.24, 2.45) is 0 Å². The first-order chi connectivity index (χ1) is 12.1. The molecule has 0 radical (unpaired) electrons. The average Bonchev–Trinajstić information content (AvgIpc) is 2.97.